The van der Waals surface area contributed by atoms with Gasteiger partial charge < -0.3 is 14.7 Å². The summed E-state index contributed by atoms with van der Waals surface area (Å²) in [7, 11) is 0. The molecule has 19 heavy (non-hydrogen) atoms. The molecule has 0 aromatic carbocycles. The van der Waals surface area contributed by atoms with Crippen LogP contribution in [0.5, 0.6) is 0 Å². The smallest absolute Gasteiger partial charge is 0.341 e. The summed E-state index contributed by atoms with van der Waals surface area (Å²) in [6.07, 6.45) is 2.16. The molecular weight excluding hydrogens is 244 g/mol. The van der Waals surface area contributed by atoms with Crippen LogP contribution in [0.25, 0.3) is 0 Å². The van der Waals surface area contributed by atoms with Crippen molar-refractivity contribution in [2.75, 3.05) is 24.6 Å². The molecule has 1 aromatic rings. The molecule has 2 rings (SSSR count). The lowest BCUT2D eigenvalue weighted by molar-refractivity contribution is 0.0525. The van der Waals surface area contributed by atoms with Gasteiger partial charge in [-0.05, 0) is 31.4 Å². The predicted molar refractivity (Wildman–Crippen MR) is 72.2 cm³/mol. The summed E-state index contributed by atoms with van der Waals surface area (Å²) in [5.74, 6) is 0.525. The van der Waals surface area contributed by atoms with E-state index in [0.717, 1.165) is 13.0 Å². The molecule has 0 amide bonds. The minimum Gasteiger partial charge on any atom is -0.462 e. The summed E-state index contributed by atoms with van der Waals surface area (Å²) in [5, 5.41) is 9.96. The number of aliphatic hydroxyl groups is 1. The van der Waals surface area contributed by atoms with Crippen molar-refractivity contribution in [1.29, 1.82) is 0 Å². The first-order valence-electron chi connectivity index (χ1n) is 6.68. The largest absolute Gasteiger partial charge is 0.462 e. The van der Waals surface area contributed by atoms with E-state index < -0.39 is 0 Å². The second-order valence-electron chi connectivity index (χ2n) is 4.87. The average molecular weight is 264 g/mol. The van der Waals surface area contributed by atoms with Crippen LogP contribution in [0.2, 0.25) is 0 Å². The van der Waals surface area contributed by atoms with Gasteiger partial charge in [0.15, 0.2) is 0 Å². The van der Waals surface area contributed by atoms with Crippen molar-refractivity contribution in [3.8, 4) is 0 Å². The summed E-state index contributed by atoms with van der Waals surface area (Å²) in [6, 6.07) is 3.43. The quantitative estimate of drug-likeness (QED) is 0.838. The van der Waals surface area contributed by atoms with Crippen molar-refractivity contribution in [2.45, 2.75) is 26.4 Å². The second-order valence-corrected chi connectivity index (χ2v) is 4.87. The second kappa shape index (κ2) is 6.02. The van der Waals surface area contributed by atoms with Crippen LogP contribution in [0.3, 0.4) is 0 Å². The van der Waals surface area contributed by atoms with Gasteiger partial charge >= 0.3 is 5.97 Å². The lowest BCUT2D eigenvalue weighted by Crippen LogP contribution is -2.43. The lowest BCUT2D eigenvalue weighted by Gasteiger charge is -2.35. The van der Waals surface area contributed by atoms with Crippen molar-refractivity contribution in [3.05, 3.63) is 23.9 Å². The Labute approximate surface area is 113 Å². The van der Waals surface area contributed by atoms with Crippen LogP contribution in [0.1, 0.15) is 30.6 Å². The number of esters is 1. The van der Waals surface area contributed by atoms with Gasteiger partial charge in [-0.25, -0.2) is 9.78 Å². The molecule has 1 aliphatic rings. The van der Waals surface area contributed by atoms with Crippen molar-refractivity contribution in [3.63, 3.8) is 0 Å². The molecule has 104 valence electrons. The third-order valence-corrected chi connectivity index (χ3v) is 3.50. The number of carbonyl (C=O) groups is 1. The normalized spacial score (nSPS) is 23.2. The first-order chi connectivity index (χ1) is 9.13. The van der Waals surface area contributed by atoms with Crippen LogP contribution in [-0.2, 0) is 4.74 Å². The maximum atomic E-state index is 11.9. The Bertz CT molecular complexity index is 450. The van der Waals surface area contributed by atoms with Gasteiger partial charge in [0.25, 0.3) is 0 Å². The summed E-state index contributed by atoms with van der Waals surface area (Å²) in [4.78, 5) is 18.1. The fraction of sp³-hybridized carbons (Fsp3) is 0.571. The molecule has 5 nitrogen and oxygen atoms in total. The van der Waals surface area contributed by atoms with E-state index in [4.69, 9.17) is 4.74 Å². The van der Waals surface area contributed by atoms with Gasteiger partial charge in [0.05, 0.1) is 12.7 Å². The molecular formula is C14H20N2O3. The minimum atomic E-state index is -0.384. The Morgan fingerprint density at radius 1 is 1.63 bits per heavy atom. The Morgan fingerprint density at radius 2 is 2.42 bits per heavy atom. The van der Waals surface area contributed by atoms with Crippen molar-refractivity contribution < 1.29 is 14.6 Å². The van der Waals surface area contributed by atoms with Gasteiger partial charge in [-0.3, -0.25) is 0 Å². The number of β-amino-alcohol motifs (C(OH)–C–C–N with tert-alkyl or cyclic N) is 1. The molecule has 1 aromatic heterocycles. The number of aromatic nitrogens is 1. The Kier molecular flexibility index (Phi) is 4.37. The number of anilines is 1. The van der Waals surface area contributed by atoms with Crippen LogP contribution in [0.4, 0.5) is 5.82 Å². The van der Waals surface area contributed by atoms with Crippen molar-refractivity contribution in [2.24, 2.45) is 5.92 Å². The minimum absolute atomic E-state index is 0.283. The molecule has 2 unspecified atom stereocenters. The topological polar surface area (TPSA) is 62.7 Å². The fourth-order valence-electron chi connectivity index (χ4n) is 2.26. The SMILES string of the molecule is CCOC(=O)c1cccnc1N1CCC(C)C(O)C1. The molecule has 2 atom stereocenters. The Morgan fingerprint density at radius 3 is 3.11 bits per heavy atom. The fourth-order valence-corrected chi connectivity index (χ4v) is 2.26. The maximum Gasteiger partial charge on any atom is 0.341 e. The van der Waals surface area contributed by atoms with Crippen LogP contribution in [0.15, 0.2) is 18.3 Å². The molecule has 0 bridgehead atoms. The number of nitrogens with zero attached hydrogens (tertiary/aromatic N) is 2. The highest BCUT2D eigenvalue weighted by Crippen LogP contribution is 2.25. The highest BCUT2D eigenvalue weighted by atomic mass is 16.5. The molecule has 2 heterocycles. The molecule has 0 saturated carbocycles. The third kappa shape index (κ3) is 3.04. The number of aliphatic hydroxyl groups excluding tert-OH is 1. The maximum absolute atomic E-state index is 11.9. The number of hydrogen-bond donors (Lipinski definition) is 1. The predicted octanol–water partition coefficient (Wildman–Crippen LogP) is 1.47. The molecule has 1 fully saturated rings. The van der Waals surface area contributed by atoms with Gasteiger partial charge in [0, 0.05) is 19.3 Å². The molecule has 1 aliphatic heterocycles. The zero-order chi connectivity index (χ0) is 13.8. The molecule has 1 N–H and O–H groups in total. The van der Waals surface area contributed by atoms with E-state index in [2.05, 4.69) is 4.98 Å². The summed E-state index contributed by atoms with van der Waals surface area (Å²) in [5.41, 5.74) is 0.464. The first kappa shape index (κ1) is 13.8. The first-order valence-corrected chi connectivity index (χ1v) is 6.68. The number of ether oxygens (including phenoxy) is 1. The van der Waals surface area contributed by atoms with Crippen molar-refractivity contribution in [1.82, 2.24) is 4.98 Å². The van der Waals surface area contributed by atoms with Gasteiger partial charge in [-0.2, -0.15) is 0 Å². The Hall–Kier alpha value is -1.62. The summed E-state index contributed by atoms with van der Waals surface area (Å²) < 4.78 is 5.04. The standard InChI is InChI=1S/C14H20N2O3/c1-3-19-14(18)11-5-4-7-15-13(11)16-8-6-10(2)12(17)9-16/h4-5,7,10,12,17H,3,6,8-9H2,1-2H3. The monoisotopic (exact) mass is 264 g/mol. The number of pyridine rings is 1. The highest BCUT2D eigenvalue weighted by Gasteiger charge is 2.27. The van der Waals surface area contributed by atoms with E-state index in [-0.39, 0.29) is 18.0 Å². The van der Waals surface area contributed by atoms with E-state index in [1.54, 1.807) is 25.3 Å². The molecule has 0 radical (unpaired) electrons. The van der Waals surface area contributed by atoms with E-state index in [0.29, 0.717) is 24.5 Å². The van der Waals surface area contributed by atoms with E-state index >= 15 is 0 Å². The molecule has 1 saturated heterocycles. The Balaban J connectivity index is 2.22. The third-order valence-electron chi connectivity index (χ3n) is 3.50. The van der Waals surface area contributed by atoms with Gasteiger partial charge in [-0.15, -0.1) is 0 Å². The van der Waals surface area contributed by atoms with Crippen LogP contribution < -0.4 is 4.90 Å². The van der Waals surface area contributed by atoms with Gasteiger partial charge in [-0.1, -0.05) is 6.92 Å². The number of carbonyl (C=O) groups excluding carboxylic acids is 1. The van der Waals surface area contributed by atoms with Crippen molar-refractivity contribution >= 4 is 11.8 Å². The highest BCUT2D eigenvalue weighted by molar-refractivity contribution is 5.94. The summed E-state index contributed by atoms with van der Waals surface area (Å²) >= 11 is 0. The summed E-state index contributed by atoms with van der Waals surface area (Å²) in [6.45, 7) is 5.45. The van der Waals surface area contributed by atoms with Gasteiger partial charge in [0.1, 0.15) is 11.4 Å². The zero-order valence-electron chi connectivity index (χ0n) is 11.4. The molecule has 0 spiro atoms. The lowest BCUT2D eigenvalue weighted by atomic mass is 9.96. The number of piperidine rings is 1. The van der Waals surface area contributed by atoms with E-state index in [1.165, 1.54) is 0 Å². The van der Waals surface area contributed by atoms with Crippen LogP contribution in [-0.4, -0.2) is 41.9 Å². The molecule has 0 aliphatic carbocycles. The zero-order valence-corrected chi connectivity index (χ0v) is 11.4. The van der Waals surface area contributed by atoms with Gasteiger partial charge in [0.2, 0.25) is 0 Å². The van der Waals surface area contributed by atoms with Crippen LogP contribution in [0, 0.1) is 5.92 Å². The van der Waals surface area contributed by atoms with E-state index in [9.17, 15) is 9.90 Å². The van der Waals surface area contributed by atoms with Crippen LogP contribution >= 0.6 is 0 Å². The molecule has 5 heteroatoms. The average Bonchev–Trinajstić information content (AvgIpc) is 2.42. The number of rotatable bonds is 3. The van der Waals surface area contributed by atoms with E-state index in [1.807, 2.05) is 11.8 Å². The number of hydrogen-bond acceptors (Lipinski definition) is 5.